The van der Waals surface area contributed by atoms with Crippen LogP contribution in [0, 0.1) is 0 Å². The molecule has 0 aliphatic rings. The molecule has 0 aliphatic carbocycles. The van der Waals surface area contributed by atoms with Crippen molar-refractivity contribution in [2.24, 2.45) is 0 Å². The minimum atomic E-state index is -1.10. The first-order valence-corrected chi connectivity index (χ1v) is 7.14. The van der Waals surface area contributed by atoms with Gasteiger partial charge in [0.1, 0.15) is 0 Å². The third-order valence-corrected chi connectivity index (χ3v) is 3.33. The van der Waals surface area contributed by atoms with Crippen molar-refractivity contribution in [3.8, 4) is 0 Å². The maximum atomic E-state index is 10.5. The van der Waals surface area contributed by atoms with Crippen molar-refractivity contribution in [3.05, 3.63) is 0 Å². The largest absolute Gasteiger partial charge is 1.00 e. The number of carbonyl (C=O) groups is 2. The van der Waals surface area contributed by atoms with Gasteiger partial charge in [-0.1, -0.05) is 33.1 Å². The second kappa shape index (κ2) is 17.3. The molecule has 5 nitrogen and oxygen atoms in total. The van der Waals surface area contributed by atoms with Gasteiger partial charge < -0.3 is 19.8 Å². The summed E-state index contributed by atoms with van der Waals surface area (Å²) in [5.41, 5.74) is 0. The molecule has 0 rings (SSSR count). The van der Waals surface area contributed by atoms with Gasteiger partial charge >= 0.3 is 59.1 Å². The average molecular weight is 317 g/mol. The fourth-order valence-electron chi connectivity index (χ4n) is 2.22. The number of hydrogen-bond donors (Lipinski definition) is 0. The van der Waals surface area contributed by atoms with Crippen LogP contribution in [0.1, 0.15) is 58.8 Å². The number of unbranched alkanes of at least 4 members (excludes halogenated alkanes) is 2. The van der Waals surface area contributed by atoms with E-state index in [2.05, 4.69) is 6.92 Å². The average Bonchev–Trinajstić information content (AvgIpc) is 2.35. The zero-order valence-corrected chi connectivity index (χ0v) is 18.0. The summed E-state index contributed by atoms with van der Waals surface area (Å²) in [4.78, 5) is 23.0. The fourth-order valence-corrected chi connectivity index (χ4v) is 2.22. The molecule has 7 heteroatoms. The summed E-state index contributed by atoms with van der Waals surface area (Å²) in [6.07, 6.45) is 5.12. The Hall–Kier alpha value is 0.900. The van der Waals surface area contributed by atoms with Gasteiger partial charge in [0.25, 0.3) is 0 Å². The van der Waals surface area contributed by atoms with Gasteiger partial charge in [0, 0.05) is 31.1 Å². The smallest absolute Gasteiger partial charge is 0.550 e. The van der Waals surface area contributed by atoms with E-state index < -0.39 is 11.9 Å². The molecule has 0 aromatic heterocycles. The molecule has 0 bridgehead atoms. The second-order valence-electron chi connectivity index (χ2n) is 4.84. The molecule has 0 fully saturated rings. The second-order valence-corrected chi connectivity index (χ2v) is 4.84. The standard InChI is InChI=1S/C14H27NO4.2Na/c1-3-5-6-7-12(4-2)15(10-8-13(16)17)11-9-14(18)19;;/h12H,3-11H2,1-2H3,(H,16,17)(H,18,19);;/q;2*+1/p-2. The summed E-state index contributed by atoms with van der Waals surface area (Å²) in [6, 6.07) is 0.241. The first-order valence-electron chi connectivity index (χ1n) is 7.14. The molecule has 0 aromatic rings. The number of carbonyl (C=O) groups excluding carboxylic acids is 2. The van der Waals surface area contributed by atoms with Crippen molar-refractivity contribution >= 4 is 11.9 Å². The normalized spacial score (nSPS) is 11.4. The Morgan fingerprint density at radius 1 is 0.952 bits per heavy atom. The first kappa shape index (κ1) is 26.8. The number of carboxylic acids is 2. The summed E-state index contributed by atoms with van der Waals surface area (Å²) >= 11 is 0. The van der Waals surface area contributed by atoms with Crippen LogP contribution in [0.5, 0.6) is 0 Å². The van der Waals surface area contributed by atoms with Crippen LogP contribution in [0.25, 0.3) is 0 Å². The molecule has 112 valence electrons. The Labute approximate surface area is 172 Å². The monoisotopic (exact) mass is 317 g/mol. The minimum absolute atomic E-state index is 0. The van der Waals surface area contributed by atoms with E-state index in [1.54, 1.807) is 0 Å². The minimum Gasteiger partial charge on any atom is -0.550 e. The zero-order chi connectivity index (χ0) is 14.7. The SMILES string of the molecule is CCCCCC(CC)N(CCC(=O)[O-])CCC(=O)[O-].[Na+].[Na+]. The van der Waals surface area contributed by atoms with Crippen LogP contribution in [-0.2, 0) is 9.59 Å². The van der Waals surface area contributed by atoms with Gasteiger partial charge in [-0.2, -0.15) is 0 Å². The van der Waals surface area contributed by atoms with Crippen LogP contribution in [-0.4, -0.2) is 36.0 Å². The summed E-state index contributed by atoms with van der Waals surface area (Å²) in [6.45, 7) is 4.87. The van der Waals surface area contributed by atoms with Crippen LogP contribution in [0.4, 0.5) is 0 Å². The Balaban J connectivity index is -0.00000162. The van der Waals surface area contributed by atoms with Crippen molar-refractivity contribution in [3.63, 3.8) is 0 Å². The van der Waals surface area contributed by atoms with Crippen LogP contribution in [0.15, 0.2) is 0 Å². The molecule has 1 unspecified atom stereocenters. The number of aliphatic carboxylic acids is 2. The van der Waals surface area contributed by atoms with Gasteiger partial charge in [-0.15, -0.1) is 0 Å². The van der Waals surface area contributed by atoms with E-state index in [4.69, 9.17) is 0 Å². The van der Waals surface area contributed by atoms with E-state index in [1.807, 2.05) is 11.8 Å². The molecule has 0 heterocycles. The number of hydrogen-bond acceptors (Lipinski definition) is 5. The van der Waals surface area contributed by atoms with E-state index in [0.29, 0.717) is 13.1 Å². The summed E-state index contributed by atoms with van der Waals surface area (Å²) in [7, 11) is 0. The Morgan fingerprint density at radius 2 is 1.43 bits per heavy atom. The molecule has 0 spiro atoms. The molecule has 1 atom stereocenters. The zero-order valence-electron chi connectivity index (χ0n) is 14.0. The van der Waals surface area contributed by atoms with Crippen molar-refractivity contribution in [2.45, 2.75) is 64.8 Å². The van der Waals surface area contributed by atoms with Crippen LogP contribution in [0.3, 0.4) is 0 Å². The maximum absolute atomic E-state index is 10.5. The molecular formula is C14H25NNa2O4. The fraction of sp³-hybridized carbons (Fsp3) is 0.857. The summed E-state index contributed by atoms with van der Waals surface area (Å²) in [5.74, 6) is -2.19. The van der Waals surface area contributed by atoms with Crippen LogP contribution in [0.2, 0.25) is 0 Å². The van der Waals surface area contributed by atoms with Crippen molar-refractivity contribution in [2.75, 3.05) is 13.1 Å². The maximum Gasteiger partial charge on any atom is 1.00 e. The number of nitrogens with zero attached hydrogens (tertiary/aromatic N) is 1. The Kier molecular flexibility index (Phi) is 22.0. The Bertz CT molecular complexity index is 260. The summed E-state index contributed by atoms with van der Waals surface area (Å²) < 4.78 is 0. The van der Waals surface area contributed by atoms with Crippen molar-refractivity contribution in [1.82, 2.24) is 4.90 Å². The molecular weight excluding hydrogens is 292 g/mol. The number of carboxylic acid groups (broad SMARTS) is 2. The first-order chi connectivity index (χ1) is 9.01. The Morgan fingerprint density at radius 3 is 1.76 bits per heavy atom. The molecule has 0 amide bonds. The van der Waals surface area contributed by atoms with Gasteiger partial charge in [-0.25, -0.2) is 0 Å². The van der Waals surface area contributed by atoms with E-state index >= 15 is 0 Å². The van der Waals surface area contributed by atoms with E-state index in [-0.39, 0.29) is 78.0 Å². The molecule has 21 heavy (non-hydrogen) atoms. The van der Waals surface area contributed by atoms with Gasteiger partial charge in [0.15, 0.2) is 0 Å². The van der Waals surface area contributed by atoms with Gasteiger partial charge in [0.05, 0.1) is 0 Å². The molecule has 0 aromatic carbocycles. The van der Waals surface area contributed by atoms with Crippen molar-refractivity contribution in [1.29, 1.82) is 0 Å². The van der Waals surface area contributed by atoms with E-state index in [0.717, 1.165) is 32.1 Å². The quantitative estimate of drug-likeness (QED) is 0.264. The third-order valence-electron chi connectivity index (χ3n) is 3.33. The number of rotatable bonds is 12. The van der Waals surface area contributed by atoms with Gasteiger partial charge in [0.2, 0.25) is 0 Å². The van der Waals surface area contributed by atoms with Gasteiger partial charge in [-0.05, 0) is 25.7 Å². The van der Waals surface area contributed by atoms with Crippen LogP contribution >= 0.6 is 0 Å². The molecule has 0 saturated heterocycles. The topological polar surface area (TPSA) is 83.5 Å². The third kappa shape index (κ3) is 15.6. The van der Waals surface area contributed by atoms with Gasteiger partial charge in [-0.3, -0.25) is 4.90 Å². The van der Waals surface area contributed by atoms with Crippen molar-refractivity contribution < 1.29 is 78.9 Å². The molecule has 0 aliphatic heterocycles. The van der Waals surface area contributed by atoms with E-state index in [1.165, 1.54) is 0 Å². The summed E-state index contributed by atoms with van der Waals surface area (Å²) in [5, 5.41) is 21.1. The molecule has 0 saturated carbocycles. The molecule has 0 radical (unpaired) electrons. The predicted molar refractivity (Wildman–Crippen MR) is 69.0 cm³/mol. The predicted octanol–water partition coefficient (Wildman–Crippen LogP) is -6.06. The van der Waals surface area contributed by atoms with Crippen LogP contribution < -0.4 is 69.3 Å². The van der Waals surface area contributed by atoms with E-state index in [9.17, 15) is 19.8 Å². The molecule has 0 N–H and O–H groups in total.